The van der Waals surface area contributed by atoms with Gasteiger partial charge in [-0.3, -0.25) is 0 Å². The van der Waals surface area contributed by atoms with Crippen LogP contribution in [-0.4, -0.2) is 50.6 Å². The molecule has 0 fully saturated rings. The Morgan fingerprint density at radius 1 is 1.19 bits per heavy atom. The first-order valence-electron chi connectivity index (χ1n) is 7.23. The lowest BCUT2D eigenvalue weighted by Crippen LogP contribution is -2.46. The summed E-state index contributed by atoms with van der Waals surface area (Å²) >= 11 is 5.11. The van der Waals surface area contributed by atoms with Gasteiger partial charge in [-0.05, 0) is 27.2 Å². The minimum absolute atomic E-state index is 0.549. The van der Waals surface area contributed by atoms with Crippen LogP contribution in [0, 0.1) is 4.64 Å². The molecule has 120 valence electrons. The van der Waals surface area contributed by atoms with E-state index >= 15 is 0 Å². The van der Waals surface area contributed by atoms with Crippen molar-refractivity contribution in [3.05, 3.63) is 10.8 Å². The van der Waals surface area contributed by atoms with Gasteiger partial charge < -0.3 is 18.6 Å². The minimum Gasteiger partial charge on any atom is -0.381 e. The number of hydrogen-bond donors (Lipinski definition) is 2. The quantitative estimate of drug-likeness (QED) is 0.366. The van der Waals surface area contributed by atoms with Gasteiger partial charge in [0.15, 0.2) is 0 Å². The second-order valence-corrected chi connectivity index (χ2v) is 7.35. The van der Waals surface area contributed by atoms with Crippen LogP contribution in [-0.2, 0) is 13.3 Å². The summed E-state index contributed by atoms with van der Waals surface area (Å²) in [5.74, 6) is 0. The number of anilines is 1. The van der Waals surface area contributed by atoms with Gasteiger partial charge in [-0.15, -0.1) is 5.10 Å². The highest BCUT2D eigenvalue weighted by Gasteiger charge is 2.39. The number of nitrogens with zero attached hydrogens (tertiary/aromatic N) is 2. The number of rotatable bonds is 11. The van der Waals surface area contributed by atoms with Crippen LogP contribution >= 0.6 is 12.2 Å². The molecule has 1 aromatic rings. The number of aromatic amines is 1. The molecule has 0 spiro atoms. The number of aromatic nitrogens is 3. The van der Waals surface area contributed by atoms with E-state index in [0.717, 1.165) is 24.7 Å². The van der Waals surface area contributed by atoms with Crippen molar-refractivity contribution in [3.63, 3.8) is 0 Å². The minimum atomic E-state index is -2.55. The van der Waals surface area contributed by atoms with E-state index in [0.29, 0.717) is 24.5 Å². The van der Waals surface area contributed by atoms with Crippen molar-refractivity contribution in [2.75, 3.05) is 31.7 Å². The fraction of sp³-hybridized carbons (Fsp3) is 0.750. The predicted octanol–water partition coefficient (Wildman–Crippen LogP) is 2.38. The van der Waals surface area contributed by atoms with Crippen molar-refractivity contribution >= 4 is 26.7 Å². The van der Waals surface area contributed by atoms with Gasteiger partial charge in [0.25, 0.3) is 0 Å². The second kappa shape index (κ2) is 9.95. The van der Waals surface area contributed by atoms with Crippen LogP contribution in [0.4, 0.5) is 5.69 Å². The third-order valence-electron chi connectivity index (χ3n) is 2.71. The third kappa shape index (κ3) is 6.18. The van der Waals surface area contributed by atoms with E-state index in [-0.39, 0.29) is 0 Å². The van der Waals surface area contributed by atoms with Gasteiger partial charge >= 0.3 is 8.80 Å². The van der Waals surface area contributed by atoms with Crippen LogP contribution in [0.3, 0.4) is 0 Å². The summed E-state index contributed by atoms with van der Waals surface area (Å²) < 4.78 is 18.0. The lowest BCUT2D eigenvalue weighted by molar-refractivity contribution is 0.0710. The second-order valence-electron chi connectivity index (χ2n) is 4.21. The maximum absolute atomic E-state index is 5.80. The molecule has 0 unspecified atom stereocenters. The van der Waals surface area contributed by atoms with Crippen molar-refractivity contribution in [1.82, 2.24) is 15.4 Å². The van der Waals surface area contributed by atoms with Crippen molar-refractivity contribution in [1.29, 1.82) is 0 Å². The third-order valence-corrected chi connectivity index (χ3v) is 6.17. The number of nitrogens with one attached hydrogen (secondary N) is 2. The molecule has 7 nitrogen and oxygen atoms in total. The van der Waals surface area contributed by atoms with Crippen molar-refractivity contribution in [2.24, 2.45) is 0 Å². The van der Waals surface area contributed by atoms with Crippen molar-refractivity contribution in [3.8, 4) is 0 Å². The Hall–Kier alpha value is -0.873. The van der Waals surface area contributed by atoms with Crippen LogP contribution < -0.4 is 5.32 Å². The van der Waals surface area contributed by atoms with Gasteiger partial charge in [0.1, 0.15) is 4.64 Å². The molecule has 1 aromatic heterocycles. The number of H-pyrrole nitrogens is 1. The summed E-state index contributed by atoms with van der Waals surface area (Å²) in [5, 5.41) is 13.2. The highest BCUT2D eigenvalue weighted by molar-refractivity contribution is 7.71. The summed E-state index contributed by atoms with van der Waals surface area (Å²) in [4.78, 5) is 0. The summed E-state index contributed by atoms with van der Waals surface area (Å²) in [6.45, 7) is 8.41. The maximum Gasteiger partial charge on any atom is 0.500 e. The molecule has 0 atom stereocenters. The normalized spacial score (nSPS) is 11.6. The Balaban J connectivity index is 2.49. The Morgan fingerprint density at radius 3 is 2.33 bits per heavy atom. The van der Waals surface area contributed by atoms with E-state index in [1.807, 2.05) is 20.8 Å². The topological polar surface area (TPSA) is 81.3 Å². The highest BCUT2D eigenvalue weighted by Crippen LogP contribution is 2.18. The molecule has 0 radical (unpaired) electrons. The fourth-order valence-corrected chi connectivity index (χ4v) is 4.71. The molecular weight excluding hydrogens is 308 g/mol. The monoisotopic (exact) mass is 332 g/mol. The number of hydrogen-bond acceptors (Lipinski definition) is 7. The summed E-state index contributed by atoms with van der Waals surface area (Å²) in [6.07, 6.45) is 2.47. The lowest BCUT2D eigenvalue weighted by Gasteiger charge is -2.28. The largest absolute Gasteiger partial charge is 0.500 e. The summed E-state index contributed by atoms with van der Waals surface area (Å²) in [7, 11) is -2.55. The van der Waals surface area contributed by atoms with Crippen LogP contribution in [0.1, 0.15) is 27.2 Å². The molecule has 21 heavy (non-hydrogen) atoms. The molecular formula is C12H24N4O3SSi. The fourth-order valence-electron chi connectivity index (χ4n) is 1.93. The molecule has 0 bridgehead atoms. The first kappa shape index (κ1) is 18.2. The zero-order valence-corrected chi connectivity index (χ0v) is 14.7. The van der Waals surface area contributed by atoms with E-state index in [1.54, 1.807) is 6.20 Å². The average molecular weight is 333 g/mol. The predicted molar refractivity (Wildman–Crippen MR) is 85.8 cm³/mol. The standard InChI is InChI=1S/C12H24N4O3SSi/c1-4-17-21(18-5-2,19-6-3)9-7-8-13-11-10-14-16-15-12(11)20/h10H,4-9H2,1-3H3,(H,13,16)(H,14,15,20). The van der Waals surface area contributed by atoms with Crippen molar-refractivity contribution in [2.45, 2.75) is 33.2 Å². The van der Waals surface area contributed by atoms with Crippen LogP contribution in [0.5, 0.6) is 0 Å². The molecule has 0 amide bonds. The molecule has 9 heteroatoms. The van der Waals surface area contributed by atoms with E-state index in [2.05, 4.69) is 20.7 Å². The molecule has 0 aromatic carbocycles. The first-order valence-corrected chi connectivity index (χ1v) is 9.57. The van der Waals surface area contributed by atoms with E-state index in [4.69, 9.17) is 25.5 Å². The molecule has 0 saturated heterocycles. The molecule has 0 aliphatic heterocycles. The summed E-state index contributed by atoms with van der Waals surface area (Å²) in [6, 6.07) is 0.768. The molecule has 1 heterocycles. The molecule has 0 saturated carbocycles. The Morgan fingerprint density at radius 2 is 1.81 bits per heavy atom. The van der Waals surface area contributed by atoms with E-state index in [1.165, 1.54) is 0 Å². The van der Waals surface area contributed by atoms with Gasteiger partial charge in [0.2, 0.25) is 0 Å². The Labute approximate surface area is 131 Å². The van der Waals surface area contributed by atoms with Gasteiger partial charge in [0, 0.05) is 32.4 Å². The van der Waals surface area contributed by atoms with Gasteiger partial charge in [-0.25, -0.2) is 5.10 Å². The zero-order chi connectivity index (χ0) is 15.6. The lowest BCUT2D eigenvalue weighted by atomic mass is 10.4. The molecule has 1 rings (SSSR count). The van der Waals surface area contributed by atoms with Gasteiger partial charge in [0.05, 0.1) is 11.9 Å². The average Bonchev–Trinajstić information content (AvgIpc) is 2.46. The van der Waals surface area contributed by atoms with E-state index < -0.39 is 8.80 Å². The maximum atomic E-state index is 5.80. The SMILES string of the molecule is CCO[Si](CCCNc1cnn[nH]c1=S)(OCC)OCC. The van der Waals surface area contributed by atoms with Crippen LogP contribution in [0.2, 0.25) is 6.04 Å². The zero-order valence-electron chi connectivity index (χ0n) is 12.8. The van der Waals surface area contributed by atoms with Crippen molar-refractivity contribution < 1.29 is 13.3 Å². The first-order chi connectivity index (χ1) is 10.2. The molecule has 0 aliphatic carbocycles. The smallest absolute Gasteiger partial charge is 0.381 e. The van der Waals surface area contributed by atoms with Gasteiger partial charge in [-0.1, -0.05) is 17.4 Å². The Kier molecular flexibility index (Phi) is 8.62. The van der Waals surface area contributed by atoms with Crippen LogP contribution in [0.15, 0.2) is 6.20 Å². The molecule has 0 aliphatic rings. The van der Waals surface area contributed by atoms with Crippen LogP contribution in [0.25, 0.3) is 0 Å². The molecule has 2 N–H and O–H groups in total. The highest BCUT2D eigenvalue weighted by atomic mass is 32.1. The van der Waals surface area contributed by atoms with E-state index in [9.17, 15) is 0 Å². The Bertz CT molecular complexity index is 443. The van der Waals surface area contributed by atoms with Gasteiger partial charge in [-0.2, -0.15) is 0 Å². The summed E-state index contributed by atoms with van der Waals surface area (Å²) in [5.41, 5.74) is 0.775.